The number of hydrogen-bond donors (Lipinski definition) is 3. The Balaban J connectivity index is 1.79. The minimum atomic E-state index is -3.97. The third kappa shape index (κ3) is 3.71. The number of aromatic hydroxyl groups is 1. The maximum absolute atomic E-state index is 12.3. The predicted molar refractivity (Wildman–Crippen MR) is 99.9 cm³/mol. The van der Waals surface area contributed by atoms with Gasteiger partial charge in [0.2, 0.25) is 15.9 Å². The number of carbonyl (C=O) groups excluding carboxylic acids is 1. The van der Waals surface area contributed by atoms with Crippen molar-refractivity contribution in [3.05, 3.63) is 52.9 Å². The molecule has 0 fully saturated rings. The number of hydrogen-bond acceptors (Lipinski definition) is 5. The molecule has 142 valence electrons. The van der Waals surface area contributed by atoms with Crippen LogP contribution in [0.1, 0.15) is 6.42 Å². The molecule has 2 aromatic carbocycles. The number of anilines is 1. The molecule has 0 radical (unpaired) electrons. The van der Waals surface area contributed by atoms with Crippen LogP contribution in [0.25, 0.3) is 11.0 Å². The van der Waals surface area contributed by atoms with E-state index in [0.29, 0.717) is 5.52 Å². The molecule has 9 nitrogen and oxygen atoms in total. The third-order valence-corrected chi connectivity index (χ3v) is 5.10. The van der Waals surface area contributed by atoms with E-state index in [0.717, 1.165) is 23.7 Å². The van der Waals surface area contributed by atoms with E-state index in [9.17, 15) is 23.1 Å². The maximum Gasteiger partial charge on any atom is 0.328 e. The van der Waals surface area contributed by atoms with Gasteiger partial charge in [-0.3, -0.25) is 13.9 Å². The molecule has 0 bridgehead atoms. The summed E-state index contributed by atoms with van der Waals surface area (Å²) in [5, 5.41) is 17.3. The van der Waals surface area contributed by atoms with Crippen LogP contribution in [0, 0.1) is 0 Å². The first-order valence-electron chi connectivity index (χ1n) is 7.98. The second-order valence-electron chi connectivity index (χ2n) is 6.00. The van der Waals surface area contributed by atoms with Gasteiger partial charge in [0.1, 0.15) is 5.75 Å². The summed E-state index contributed by atoms with van der Waals surface area (Å²) in [6.07, 6.45) is -0.0487. The number of aryl methyl sites for hydroxylation is 2. The van der Waals surface area contributed by atoms with Gasteiger partial charge in [0.25, 0.3) is 0 Å². The Labute approximate surface area is 154 Å². The highest BCUT2D eigenvalue weighted by molar-refractivity contribution is 7.89. The van der Waals surface area contributed by atoms with Crippen molar-refractivity contribution in [1.82, 2.24) is 9.13 Å². The summed E-state index contributed by atoms with van der Waals surface area (Å²) in [5.74, 6) is -0.783. The highest BCUT2D eigenvalue weighted by atomic mass is 32.2. The highest BCUT2D eigenvalue weighted by Crippen LogP contribution is 2.26. The second kappa shape index (κ2) is 6.89. The molecular formula is C17H18N4O5S. The van der Waals surface area contributed by atoms with E-state index in [1.165, 1.54) is 9.13 Å². The molecule has 1 heterocycles. The number of fused-ring (bicyclic) bond motifs is 1. The number of nitrogens with two attached hydrogens (primary N) is 1. The standard InChI is InChI=1S/C17H18N4O5S/c1-20-13-4-2-3-5-14(13)21(17(20)24)9-8-16(23)19-12-10-11(27(18,25)26)6-7-15(12)22/h2-7,10,22H,8-9H2,1H3,(H,19,23)(H2,18,25,26). The summed E-state index contributed by atoms with van der Waals surface area (Å²) >= 11 is 0. The predicted octanol–water partition coefficient (Wildman–Crippen LogP) is 0.722. The zero-order valence-electron chi connectivity index (χ0n) is 14.4. The Bertz CT molecular complexity index is 1190. The van der Waals surface area contributed by atoms with Gasteiger partial charge < -0.3 is 10.4 Å². The number of sulfonamides is 1. The summed E-state index contributed by atoms with van der Waals surface area (Å²) in [5.41, 5.74) is 1.14. The summed E-state index contributed by atoms with van der Waals surface area (Å²) in [6.45, 7) is 0.127. The number of nitrogens with one attached hydrogen (secondary N) is 1. The summed E-state index contributed by atoms with van der Waals surface area (Å²) in [6, 6.07) is 10.6. The lowest BCUT2D eigenvalue weighted by Crippen LogP contribution is -2.24. The molecule has 0 aliphatic heterocycles. The quantitative estimate of drug-likeness (QED) is 0.552. The molecule has 27 heavy (non-hydrogen) atoms. The van der Waals surface area contributed by atoms with Crippen LogP contribution in [0.5, 0.6) is 5.75 Å². The SMILES string of the molecule is Cn1c(=O)n(CCC(=O)Nc2cc(S(N)(=O)=O)ccc2O)c2ccccc21. The van der Waals surface area contributed by atoms with E-state index >= 15 is 0 Å². The molecule has 0 saturated carbocycles. The van der Waals surface area contributed by atoms with E-state index in [2.05, 4.69) is 5.32 Å². The fourth-order valence-corrected chi connectivity index (χ4v) is 3.34. The Morgan fingerprint density at radius 1 is 1.19 bits per heavy atom. The fraction of sp³-hybridized carbons (Fsp3) is 0.176. The van der Waals surface area contributed by atoms with Crippen LogP contribution in [-0.2, 0) is 28.4 Å². The van der Waals surface area contributed by atoms with Gasteiger partial charge in [-0.1, -0.05) is 12.1 Å². The molecule has 10 heteroatoms. The van der Waals surface area contributed by atoms with Crippen molar-refractivity contribution in [2.24, 2.45) is 12.2 Å². The van der Waals surface area contributed by atoms with Crippen molar-refractivity contribution in [1.29, 1.82) is 0 Å². The van der Waals surface area contributed by atoms with Crippen LogP contribution < -0.4 is 16.1 Å². The minimum Gasteiger partial charge on any atom is -0.506 e. The molecule has 0 aliphatic carbocycles. The van der Waals surface area contributed by atoms with E-state index in [-0.39, 0.29) is 35.0 Å². The number of imidazole rings is 1. The van der Waals surface area contributed by atoms with Crippen LogP contribution >= 0.6 is 0 Å². The highest BCUT2D eigenvalue weighted by Gasteiger charge is 2.15. The second-order valence-corrected chi connectivity index (χ2v) is 7.57. The Morgan fingerprint density at radius 2 is 1.85 bits per heavy atom. The zero-order chi connectivity index (χ0) is 19.8. The number of aromatic nitrogens is 2. The zero-order valence-corrected chi connectivity index (χ0v) is 15.2. The van der Waals surface area contributed by atoms with E-state index in [1.54, 1.807) is 19.2 Å². The molecule has 3 rings (SSSR count). The normalized spacial score (nSPS) is 11.6. The number of carbonyl (C=O) groups is 1. The van der Waals surface area contributed by atoms with Gasteiger partial charge in [-0.2, -0.15) is 0 Å². The molecule has 0 spiro atoms. The molecule has 1 amide bonds. The largest absolute Gasteiger partial charge is 0.506 e. The average Bonchev–Trinajstić information content (AvgIpc) is 2.85. The molecule has 3 aromatic rings. The van der Waals surface area contributed by atoms with Crippen LogP contribution in [0.15, 0.2) is 52.2 Å². The summed E-state index contributed by atoms with van der Waals surface area (Å²) in [7, 11) is -2.32. The van der Waals surface area contributed by atoms with E-state index < -0.39 is 15.9 Å². The third-order valence-electron chi connectivity index (χ3n) is 4.18. The van der Waals surface area contributed by atoms with Crippen LogP contribution in [0.4, 0.5) is 5.69 Å². The first kappa shape index (κ1) is 18.7. The van der Waals surface area contributed by atoms with Crippen molar-refractivity contribution in [3.63, 3.8) is 0 Å². The number of rotatable bonds is 5. The number of benzene rings is 2. The van der Waals surface area contributed by atoms with Gasteiger partial charge >= 0.3 is 5.69 Å². The number of amides is 1. The molecule has 0 saturated heterocycles. The lowest BCUT2D eigenvalue weighted by molar-refractivity contribution is -0.116. The topological polar surface area (TPSA) is 136 Å². The lowest BCUT2D eigenvalue weighted by atomic mass is 10.2. The molecule has 0 aliphatic rings. The van der Waals surface area contributed by atoms with Gasteiger partial charge in [-0.15, -0.1) is 0 Å². The van der Waals surface area contributed by atoms with Crippen molar-refractivity contribution in [3.8, 4) is 5.75 Å². The molecule has 4 N–H and O–H groups in total. The number of phenolic OH excluding ortho intramolecular Hbond substituents is 1. The molecular weight excluding hydrogens is 372 g/mol. The summed E-state index contributed by atoms with van der Waals surface area (Å²) in [4.78, 5) is 24.3. The maximum atomic E-state index is 12.3. The first-order chi connectivity index (χ1) is 12.7. The van der Waals surface area contributed by atoms with Gasteiger partial charge in [0, 0.05) is 20.0 Å². The summed E-state index contributed by atoms with van der Waals surface area (Å²) < 4.78 is 25.8. The van der Waals surface area contributed by atoms with Crippen LogP contribution in [0.3, 0.4) is 0 Å². The van der Waals surface area contributed by atoms with Crippen molar-refractivity contribution >= 4 is 32.7 Å². The van der Waals surface area contributed by atoms with Crippen molar-refractivity contribution in [2.75, 3.05) is 5.32 Å². The van der Waals surface area contributed by atoms with Crippen molar-refractivity contribution < 1.29 is 18.3 Å². The van der Waals surface area contributed by atoms with E-state index in [4.69, 9.17) is 5.14 Å². The van der Waals surface area contributed by atoms with Crippen LogP contribution in [-0.4, -0.2) is 28.6 Å². The number of primary sulfonamides is 1. The number of nitrogens with zero attached hydrogens (tertiary/aromatic N) is 2. The Hall–Kier alpha value is -3.11. The van der Waals surface area contributed by atoms with Gasteiger partial charge in [0.05, 0.1) is 21.6 Å². The minimum absolute atomic E-state index is 0.0487. The van der Waals surface area contributed by atoms with Crippen LogP contribution in [0.2, 0.25) is 0 Å². The van der Waals surface area contributed by atoms with Crippen molar-refractivity contribution in [2.45, 2.75) is 17.9 Å². The molecule has 0 atom stereocenters. The molecule has 0 unspecified atom stereocenters. The van der Waals surface area contributed by atoms with E-state index in [1.807, 2.05) is 12.1 Å². The Morgan fingerprint density at radius 3 is 2.52 bits per heavy atom. The molecule has 1 aromatic heterocycles. The number of para-hydroxylation sites is 2. The fourth-order valence-electron chi connectivity index (χ4n) is 2.80. The monoisotopic (exact) mass is 390 g/mol. The van der Waals surface area contributed by atoms with Gasteiger partial charge in [-0.25, -0.2) is 18.4 Å². The van der Waals surface area contributed by atoms with Gasteiger partial charge in [-0.05, 0) is 30.3 Å². The number of phenols is 1. The van der Waals surface area contributed by atoms with Gasteiger partial charge in [0.15, 0.2) is 0 Å². The lowest BCUT2D eigenvalue weighted by Gasteiger charge is -2.09. The average molecular weight is 390 g/mol. The smallest absolute Gasteiger partial charge is 0.328 e. The first-order valence-corrected chi connectivity index (χ1v) is 9.53. The Kier molecular flexibility index (Phi) is 4.77.